The van der Waals surface area contributed by atoms with E-state index < -0.39 is 0 Å². The van der Waals surface area contributed by atoms with E-state index in [0.717, 1.165) is 28.7 Å². The van der Waals surface area contributed by atoms with Crippen LogP contribution >= 0.6 is 11.3 Å². The molecule has 1 N–H and O–H groups in total. The Morgan fingerprint density at radius 2 is 2.41 bits per heavy atom. The predicted octanol–water partition coefficient (Wildman–Crippen LogP) is 1.84. The second-order valence-corrected chi connectivity index (χ2v) is 4.67. The fraction of sp³-hybridized carbons (Fsp3) is 0.455. The first-order valence-electron chi connectivity index (χ1n) is 5.37. The van der Waals surface area contributed by atoms with Crippen LogP contribution in [0.1, 0.15) is 10.7 Å². The lowest BCUT2D eigenvalue weighted by Gasteiger charge is -1.99. The van der Waals surface area contributed by atoms with Crippen molar-refractivity contribution in [1.29, 1.82) is 0 Å². The second kappa shape index (κ2) is 5.90. The molecule has 0 radical (unpaired) electrons. The molecule has 2 aromatic rings. The smallest absolute Gasteiger partial charge is 0.186 e. The van der Waals surface area contributed by atoms with Gasteiger partial charge in [0.05, 0.1) is 17.3 Å². The van der Waals surface area contributed by atoms with Gasteiger partial charge >= 0.3 is 0 Å². The highest BCUT2D eigenvalue weighted by atomic mass is 32.1. The van der Waals surface area contributed by atoms with Crippen LogP contribution in [0.5, 0.6) is 0 Å². The highest BCUT2D eigenvalue weighted by molar-refractivity contribution is 7.09. The van der Waals surface area contributed by atoms with Crippen LogP contribution in [-0.4, -0.2) is 30.4 Å². The van der Waals surface area contributed by atoms with Gasteiger partial charge in [-0.1, -0.05) is 5.16 Å². The van der Waals surface area contributed by atoms with Crippen molar-refractivity contribution in [3.05, 3.63) is 22.1 Å². The first-order valence-corrected chi connectivity index (χ1v) is 6.25. The molecular weight excluding hydrogens is 238 g/mol. The minimum absolute atomic E-state index is 0.677. The summed E-state index contributed by atoms with van der Waals surface area (Å²) in [6.45, 7) is 4.14. The first kappa shape index (κ1) is 12.2. The van der Waals surface area contributed by atoms with Crippen LogP contribution in [0.3, 0.4) is 0 Å². The molecule has 0 spiro atoms. The summed E-state index contributed by atoms with van der Waals surface area (Å²) in [7, 11) is 1.68. The average molecular weight is 253 g/mol. The maximum atomic E-state index is 5.24. The number of ether oxygens (including phenoxy) is 1. The van der Waals surface area contributed by atoms with Crippen molar-refractivity contribution in [2.45, 2.75) is 13.5 Å². The van der Waals surface area contributed by atoms with Gasteiger partial charge < -0.3 is 14.6 Å². The molecule has 2 aromatic heterocycles. The van der Waals surface area contributed by atoms with Gasteiger partial charge in [0.1, 0.15) is 5.69 Å². The maximum absolute atomic E-state index is 5.24. The zero-order valence-electron chi connectivity index (χ0n) is 9.90. The Hall–Kier alpha value is -1.24. The standard InChI is InChI=1S/C11H15N3O2S/c1-8-13-10(7-17-8)11-5-9(14-16-11)6-12-3-4-15-2/h5,7,12H,3-4,6H2,1-2H3. The van der Waals surface area contributed by atoms with Crippen LogP contribution < -0.4 is 5.32 Å². The summed E-state index contributed by atoms with van der Waals surface area (Å²) < 4.78 is 10.2. The Labute approximate surface area is 104 Å². The molecular formula is C11H15N3O2S. The second-order valence-electron chi connectivity index (χ2n) is 3.60. The minimum Gasteiger partial charge on any atom is -0.383 e. The van der Waals surface area contributed by atoms with E-state index >= 15 is 0 Å². The third-order valence-electron chi connectivity index (χ3n) is 2.22. The molecule has 17 heavy (non-hydrogen) atoms. The van der Waals surface area contributed by atoms with Crippen molar-refractivity contribution in [2.75, 3.05) is 20.3 Å². The summed E-state index contributed by atoms with van der Waals surface area (Å²) in [5.74, 6) is 0.720. The van der Waals surface area contributed by atoms with Crippen LogP contribution in [-0.2, 0) is 11.3 Å². The van der Waals surface area contributed by atoms with E-state index in [0.29, 0.717) is 13.2 Å². The van der Waals surface area contributed by atoms with Crippen molar-refractivity contribution in [1.82, 2.24) is 15.5 Å². The molecule has 92 valence electrons. The van der Waals surface area contributed by atoms with E-state index in [1.165, 1.54) is 0 Å². The maximum Gasteiger partial charge on any atom is 0.186 e. The summed E-state index contributed by atoms with van der Waals surface area (Å²) in [5, 5.41) is 10.2. The largest absolute Gasteiger partial charge is 0.383 e. The van der Waals surface area contributed by atoms with E-state index in [1.54, 1.807) is 18.4 Å². The Balaban J connectivity index is 1.92. The fourth-order valence-electron chi connectivity index (χ4n) is 1.38. The average Bonchev–Trinajstić information content (AvgIpc) is 2.93. The van der Waals surface area contributed by atoms with Gasteiger partial charge in [-0.2, -0.15) is 0 Å². The first-order chi connectivity index (χ1) is 8.29. The molecule has 2 heterocycles. The third kappa shape index (κ3) is 3.36. The summed E-state index contributed by atoms with van der Waals surface area (Å²) in [5.41, 5.74) is 1.73. The molecule has 0 aliphatic heterocycles. The molecule has 0 aliphatic rings. The number of nitrogens with one attached hydrogen (secondary N) is 1. The van der Waals surface area contributed by atoms with Crippen LogP contribution in [0.2, 0.25) is 0 Å². The minimum atomic E-state index is 0.677. The molecule has 0 aliphatic carbocycles. The van der Waals surface area contributed by atoms with Crippen LogP contribution in [0.25, 0.3) is 11.5 Å². The molecule has 0 saturated carbocycles. The van der Waals surface area contributed by atoms with Gasteiger partial charge in [-0.05, 0) is 6.92 Å². The van der Waals surface area contributed by atoms with Crippen molar-refractivity contribution in [2.24, 2.45) is 0 Å². The van der Waals surface area contributed by atoms with E-state index in [-0.39, 0.29) is 0 Å². The number of rotatable bonds is 6. The zero-order valence-corrected chi connectivity index (χ0v) is 10.7. The van der Waals surface area contributed by atoms with Gasteiger partial charge in [-0.3, -0.25) is 0 Å². The molecule has 0 fully saturated rings. The van der Waals surface area contributed by atoms with Crippen molar-refractivity contribution < 1.29 is 9.26 Å². The van der Waals surface area contributed by atoms with Gasteiger partial charge in [-0.15, -0.1) is 11.3 Å². The SMILES string of the molecule is COCCNCc1cc(-c2csc(C)n2)on1. The lowest BCUT2D eigenvalue weighted by Crippen LogP contribution is -2.18. The fourth-order valence-corrected chi connectivity index (χ4v) is 1.99. The van der Waals surface area contributed by atoms with Gasteiger partial charge in [0.15, 0.2) is 5.76 Å². The summed E-state index contributed by atoms with van der Waals surface area (Å²) in [4.78, 5) is 4.35. The summed E-state index contributed by atoms with van der Waals surface area (Å²) in [6, 6.07) is 1.91. The highest BCUT2D eigenvalue weighted by Gasteiger charge is 2.09. The third-order valence-corrected chi connectivity index (χ3v) is 2.99. The van der Waals surface area contributed by atoms with Crippen molar-refractivity contribution in [3.8, 4) is 11.5 Å². The summed E-state index contributed by atoms with van der Waals surface area (Å²) >= 11 is 1.60. The van der Waals surface area contributed by atoms with Crippen molar-refractivity contribution in [3.63, 3.8) is 0 Å². The number of nitrogens with zero attached hydrogens (tertiary/aromatic N) is 2. The molecule has 0 amide bonds. The molecule has 0 aromatic carbocycles. The number of hydrogen-bond donors (Lipinski definition) is 1. The Morgan fingerprint density at radius 1 is 1.53 bits per heavy atom. The molecule has 0 bridgehead atoms. The molecule has 0 saturated heterocycles. The van der Waals surface area contributed by atoms with Gasteiger partial charge in [0.2, 0.25) is 0 Å². The monoisotopic (exact) mass is 253 g/mol. The van der Waals surface area contributed by atoms with Crippen LogP contribution in [0.15, 0.2) is 16.0 Å². The predicted molar refractivity (Wildman–Crippen MR) is 65.9 cm³/mol. The normalized spacial score (nSPS) is 10.9. The number of aromatic nitrogens is 2. The number of aryl methyl sites for hydroxylation is 1. The highest BCUT2D eigenvalue weighted by Crippen LogP contribution is 2.21. The summed E-state index contributed by atoms with van der Waals surface area (Å²) in [6.07, 6.45) is 0. The van der Waals surface area contributed by atoms with Gasteiger partial charge in [0.25, 0.3) is 0 Å². The van der Waals surface area contributed by atoms with E-state index in [2.05, 4.69) is 15.5 Å². The quantitative estimate of drug-likeness (QED) is 0.796. The molecule has 0 unspecified atom stereocenters. The van der Waals surface area contributed by atoms with Crippen LogP contribution in [0, 0.1) is 6.92 Å². The molecule has 2 rings (SSSR count). The van der Waals surface area contributed by atoms with Crippen LogP contribution in [0.4, 0.5) is 0 Å². The number of methoxy groups -OCH3 is 1. The van der Waals surface area contributed by atoms with E-state index in [9.17, 15) is 0 Å². The van der Waals surface area contributed by atoms with Crippen molar-refractivity contribution >= 4 is 11.3 Å². The van der Waals surface area contributed by atoms with E-state index in [4.69, 9.17) is 9.26 Å². The Morgan fingerprint density at radius 3 is 3.12 bits per heavy atom. The molecule has 5 nitrogen and oxygen atoms in total. The Bertz CT molecular complexity index is 467. The van der Waals surface area contributed by atoms with Gasteiger partial charge in [0, 0.05) is 31.6 Å². The Kier molecular flexibility index (Phi) is 4.24. The number of hydrogen-bond acceptors (Lipinski definition) is 6. The topological polar surface area (TPSA) is 60.2 Å². The van der Waals surface area contributed by atoms with E-state index in [1.807, 2.05) is 18.4 Å². The molecule has 6 heteroatoms. The lowest BCUT2D eigenvalue weighted by molar-refractivity contribution is 0.199. The lowest BCUT2D eigenvalue weighted by atomic mass is 10.3. The zero-order chi connectivity index (χ0) is 12.1. The molecule has 0 atom stereocenters. The number of thiazole rings is 1. The van der Waals surface area contributed by atoms with Gasteiger partial charge in [-0.25, -0.2) is 4.98 Å².